The van der Waals surface area contributed by atoms with Crippen LogP contribution in [0.15, 0.2) is 34.6 Å². The summed E-state index contributed by atoms with van der Waals surface area (Å²) in [6.45, 7) is 2.27. The molecule has 1 aromatic carbocycles. The molecule has 0 radical (unpaired) electrons. The van der Waals surface area contributed by atoms with Crippen LogP contribution in [0.25, 0.3) is 6.08 Å². The number of amides is 1. The minimum atomic E-state index is 0.237. The Morgan fingerprint density at radius 2 is 2.15 bits per heavy atom. The third-order valence-electron chi connectivity index (χ3n) is 5.68. The number of fused-ring (bicyclic) bond motifs is 1. The Balaban J connectivity index is 1.48. The number of rotatable bonds is 4. The molecule has 27 heavy (non-hydrogen) atoms. The van der Waals surface area contributed by atoms with Crippen molar-refractivity contribution in [2.45, 2.75) is 42.4 Å². The zero-order chi connectivity index (χ0) is 18.8. The maximum Gasteiger partial charge on any atom is 0.264 e. The van der Waals surface area contributed by atoms with Crippen molar-refractivity contribution in [1.82, 2.24) is 4.90 Å². The molecule has 5 heteroatoms. The zero-order valence-electron chi connectivity index (χ0n) is 15.7. The Morgan fingerprint density at radius 3 is 2.89 bits per heavy atom. The smallest absolute Gasteiger partial charge is 0.264 e. The summed E-state index contributed by atoms with van der Waals surface area (Å²) in [6.07, 6.45) is 10.6. The molecule has 1 aliphatic heterocycles. The van der Waals surface area contributed by atoms with Crippen molar-refractivity contribution in [2.24, 2.45) is 5.73 Å². The molecule has 2 aromatic rings. The average molecular weight is 399 g/mol. The largest absolute Gasteiger partial charge is 0.338 e. The summed E-state index contributed by atoms with van der Waals surface area (Å²) in [5, 5.41) is 0. The number of carbonyl (C=O) groups is 1. The van der Waals surface area contributed by atoms with E-state index in [1.165, 1.54) is 26.5 Å². The molecule has 1 aromatic heterocycles. The van der Waals surface area contributed by atoms with Gasteiger partial charge in [0.05, 0.1) is 9.09 Å². The molecule has 1 fully saturated rings. The van der Waals surface area contributed by atoms with E-state index in [0.29, 0.717) is 12.5 Å². The van der Waals surface area contributed by atoms with Gasteiger partial charge in [-0.1, -0.05) is 36.4 Å². The number of thiophene rings is 1. The third-order valence-corrected chi connectivity index (χ3v) is 8.05. The summed E-state index contributed by atoms with van der Waals surface area (Å²) in [6, 6.07) is 8.62. The molecular weight excluding hydrogens is 372 g/mol. The van der Waals surface area contributed by atoms with Crippen LogP contribution in [0.5, 0.6) is 0 Å². The molecule has 2 heterocycles. The van der Waals surface area contributed by atoms with Crippen molar-refractivity contribution in [3.05, 3.63) is 57.5 Å². The van der Waals surface area contributed by atoms with Gasteiger partial charge in [-0.3, -0.25) is 4.79 Å². The molecule has 1 saturated heterocycles. The fourth-order valence-electron chi connectivity index (χ4n) is 4.16. The van der Waals surface area contributed by atoms with Gasteiger partial charge in [-0.25, -0.2) is 0 Å². The van der Waals surface area contributed by atoms with Crippen molar-refractivity contribution in [3.8, 4) is 0 Å². The topological polar surface area (TPSA) is 46.3 Å². The highest BCUT2D eigenvalue weighted by Gasteiger charge is 2.29. The summed E-state index contributed by atoms with van der Waals surface area (Å²) in [5.74, 6) is 0.767. The second-order valence-electron chi connectivity index (χ2n) is 7.27. The molecule has 142 valence electrons. The van der Waals surface area contributed by atoms with Crippen LogP contribution in [-0.4, -0.2) is 30.2 Å². The number of nitrogens with zero attached hydrogens (tertiary/aromatic N) is 1. The fourth-order valence-corrected chi connectivity index (χ4v) is 6.19. The number of thioether (sulfide) groups is 1. The number of allylic oxidation sites excluding steroid dienone is 1. The monoisotopic (exact) mass is 398 g/mol. The Labute approximate surface area is 169 Å². The minimum absolute atomic E-state index is 0.237. The van der Waals surface area contributed by atoms with Crippen molar-refractivity contribution in [2.75, 3.05) is 19.3 Å². The highest BCUT2D eigenvalue weighted by molar-refractivity contribution is 8.00. The van der Waals surface area contributed by atoms with Gasteiger partial charge in [0.1, 0.15) is 0 Å². The highest BCUT2D eigenvalue weighted by atomic mass is 32.2. The van der Waals surface area contributed by atoms with Crippen LogP contribution in [0.2, 0.25) is 0 Å². The second kappa shape index (κ2) is 8.21. The van der Waals surface area contributed by atoms with Crippen LogP contribution in [0.4, 0.5) is 0 Å². The summed E-state index contributed by atoms with van der Waals surface area (Å²) < 4.78 is 1.28. The number of hydrogen-bond donors (Lipinski definition) is 1. The van der Waals surface area contributed by atoms with E-state index >= 15 is 0 Å². The maximum absolute atomic E-state index is 13.2. The Bertz CT molecular complexity index is 863. The van der Waals surface area contributed by atoms with Gasteiger partial charge in [-0.05, 0) is 54.5 Å². The molecule has 0 atom stereocenters. The van der Waals surface area contributed by atoms with Crippen molar-refractivity contribution < 1.29 is 4.79 Å². The van der Waals surface area contributed by atoms with E-state index in [1.807, 2.05) is 0 Å². The summed E-state index contributed by atoms with van der Waals surface area (Å²) in [7, 11) is 0. The molecule has 2 N–H and O–H groups in total. The van der Waals surface area contributed by atoms with E-state index in [4.69, 9.17) is 5.73 Å². The van der Waals surface area contributed by atoms with Crippen LogP contribution in [-0.2, 0) is 13.0 Å². The normalized spacial score (nSPS) is 17.2. The molecule has 0 bridgehead atoms. The van der Waals surface area contributed by atoms with E-state index < -0.39 is 0 Å². The predicted octanol–water partition coefficient (Wildman–Crippen LogP) is 4.91. The average Bonchev–Trinajstić information content (AvgIpc) is 3.12. The quantitative estimate of drug-likeness (QED) is 0.745. The highest BCUT2D eigenvalue weighted by Crippen LogP contribution is 2.40. The van der Waals surface area contributed by atoms with Gasteiger partial charge >= 0.3 is 0 Å². The first-order valence-corrected chi connectivity index (χ1v) is 11.7. The Kier molecular flexibility index (Phi) is 5.71. The number of likely N-dealkylation sites (tertiary alicyclic amines) is 1. The van der Waals surface area contributed by atoms with E-state index in [9.17, 15) is 4.79 Å². The van der Waals surface area contributed by atoms with E-state index in [0.717, 1.165) is 43.6 Å². The van der Waals surface area contributed by atoms with Gasteiger partial charge in [-0.15, -0.1) is 23.1 Å². The summed E-state index contributed by atoms with van der Waals surface area (Å²) in [5.41, 5.74) is 10.9. The molecule has 4 rings (SSSR count). The first kappa shape index (κ1) is 18.8. The van der Waals surface area contributed by atoms with Crippen LogP contribution in [0, 0.1) is 0 Å². The molecule has 0 unspecified atom stereocenters. The fraction of sp³-hybridized carbons (Fsp3) is 0.409. The molecule has 1 amide bonds. The molecule has 2 aliphatic rings. The van der Waals surface area contributed by atoms with Crippen molar-refractivity contribution in [1.29, 1.82) is 0 Å². The SMILES string of the molecule is CSc1sc(C(=O)N2CCC(c3cccc(CN)c3)CC2)c2c1C=CCC2. The molecule has 0 saturated carbocycles. The predicted molar refractivity (Wildman–Crippen MR) is 116 cm³/mol. The van der Waals surface area contributed by atoms with Gasteiger partial charge in [0, 0.05) is 25.2 Å². The molecular formula is C22H26N2OS2. The van der Waals surface area contributed by atoms with Gasteiger partial charge < -0.3 is 10.6 Å². The standard InChI is InChI=1S/C22H26N2OS2/c1-26-22-19-8-3-2-7-18(19)20(27-22)21(25)24-11-9-16(10-12-24)17-6-4-5-15(13-17)14-23/h3-6,8,13,16H,2,7,9-12,14,23H2,1H3. The number of piperidine rings is 1. The van der Waals surface area contributed by atoms with Crippen LogP contribution in [0.1, 0.15) is 57.1 Å². The van der Waals surface area contributed by atoms with Gasteiger partial charge in [0.2, 0.25) is 0 Å². The van der Waals surface area contributed by atoms with Crippen LogP contribution in [0.3, 0.4) is 0 Å². The van der Waals surface area contributed by atoms with E-state index in [-0.39, 0.29) is 5.91 Å². The summed E-state index contributed by atoms with van der Waals surface area (Å²) >= 11 is 3.44. The van der Waals surface area contributed by atoms with Gasteiger partial charge in [0.25, 0.3) is 5.91 Å². The van der Waals surface area contributed by atoms with Gasteiger partial charge in [-0.2, -0.15) is 0 Å². The molecule has 0 spiro atoms. The molecule has 3 nitrogen and oxygen atoms in total. The van der Waals surface area contributed by atoms with Crippen LogP contribution < -0.4 is 5.73 Å². The Hall–Kier alpha value is -1.56. The molecule has 1 aliphatic carbocycles. The number of benzene rings is 1. The lowest BCUT2D eigenvalue weighted by atomic mass is 9.88. The first-order valence-electron chi connectivity index (χ1n) is 9.65. The lowest BCUT2D eigenvalue weighted by Crippen LogP contribution is -2.38. The van der Waals surface area contributed by atoms with Crippen molar-refractivity contribution >= 4 is 35.1 Å². The van der Waals surface area contributed by atoms with E-state index in [1.54, 1.807) is 23.1 Å². The summed E-state index contributed by atoms with van der Waals surface area (Å²) in [4.78, 5) is 16.3. The number of carbonyl (C=O) groups excluding carboxylic acids is 1. The minimum Gasteiger partial charge on any atom is -0.338 e. The number of hydrogen-bond acceptors (Lipinski definition) is 4. The Morgan fingerprint density at radius 1 is 1.33 bits per heavy atom. The lowest BCUT2D eigenvalue weighted by Gasteiger charge is -2.32. The van der Waals surface area contributed by atoms with E-state index in [2.05, 4.69) is 47.6 Å². The maximum atomic E-state index is 13.2. The zero-order valence-corrected chi connectivity index (χ0v) is 17.4. The van der Waals surface area contributed by atoms with Gasteiger partial charge in [0.15, 0.2) is 0 Å². The van der Waals surface area contributed by atoms with Crippen molar-refractivity contribution in [3.63, 3.8) is 0 Å². The van der Waals surface area contributed by atoms with Crippen LogP contribution >= 0.6 is 23.1 Å². The third kappa shape index (κ3) is 3.73. The first-order chi connectivity index (χ1) is 13.2. The lowest BCUT2D eigenvalue weighted by molar-refractivity contribution is 0.0717. The number of nitrogens with two attached hydrogens (primary N) is 1. The second-order valence-corrected chi connectivity index (χ2v) is 9.37.